The second-order valence-corrected chi connectivity index (χ2v) is 21.3. The molecule has 27 heteroatoms. The molecule has 0 radical (unpaired) electrons. The zero-order valence-corrected chi connectivity index (χ0v) is 44.1. The third kappa shape index (κ3) is 13.8. The average molecular weight is 1130 g/mol. The van der Waals surface area contributed by atoms with E-state index in [-0.39, 0.29) is 11.8 Å². The van der Waals surface area contributed by atoms with E-state index in [9.17, 15) is 50.6 Å². The molecule has 2 bridgehead atoms. The van der Waals surface area contributed by atoms with Gasteiger partial charge in [-0.1, -0.05) is 24.3 Å². The average Bonchev–Trinajstić information content (AvgIpc) is 4.40. The van der Waals surface area contributed by atoms with Gasteiger partial charge in [-0.3, -0.25) is 30.7 Å². The van der Waals surface area contributed by atoms with Crippen molar-refractivity contribution in [1.82, 2.24) is 36.3 Å². The number of hydrogen-bond acceptors (Lipinski definition) is 15. The summed E-state index contributed by atoms with van der Waals surface area (Å²) < 4.78 is 139. The highest BCUT2D eigenvalue weighted by atomic mass is 19.4. The van der Waals surface area contributed by atoms with Gasteiger partial charge in [-0.25, -0.2) is 28.4 Å². The molecule has 4 fully saturated rings. The van der Waals surface area contributed by atoms with Gasteiger partial charge in [0, 0.05) is 67.1 Å². The van der Waals surface area contributed by atoms with Gasteiger partial charge in [0.2, 0.25) is 11.8 Å². The number of ether oxygens (including phenoxy) is 4. The number of nitrogens with one attached hydrogen (secondary N) is 6. The van der Waals surface area contributed by atoms with Crippen molar-refractivity contribution >= 4 is 41.6 Å². The number of rotatable bonds is 20. The molecule has 3 saturated heterocycles. The molecule has 432 valence electrons. The van der Waals surface area contributed by atoms with Crippen LogP contribution in [0.25, 0.3) is 11.1 Å². The number of nitrogens with zero attached hydrogens (tertiary/aromatic N) is 4. The van der Waals surface area contributed by atoms with Crippen LogP contribution in [0.15, 0.2) is 54.7 Å². The molecule has 3 aliphatic heterocycles. The SMILES string of the molecule is COC(=O)NC(C(=O)N[C@@H](Cc1ccc(-c2ccc(N3CC4CCC(C3)N4C3COC3)nc2)cc1)[C@@H](O)CN(Cc1c(F)cc(C(=N)OC(=N)C2CC2)cc1F)NC(=O)[C@@H](NC(=O)OC)C(C)(C)C(F)(F)F)C(C)(C)C(F)(F)F. The van der Waals surface area contributed by atoms with E-state index in [1.807, 2.05) is 17.4 Å². The maximum absolute atomic E-state index is 16.1. The van der Waals surface area contributed by atoms with E-state index < -0.39 is 120 Å². The second kappa shape index (κ2) is 23.9. The van der Waals surface area contributed by atoms with Gasteiger partial charge in [0.25, 0.3) is 5.91 Å². The molecular weight excluding hydrogens is 1060 g/mol. The van der Waals surface area contributed by atoms with Crippen molar-refractivity contribution in [3.05, 3.63) is 83.1 Å². The number of piperazine rings is 1. The van der Waals surface area contributed by atoms with Gasteiger partial charge >= 0.3 is 24.5 Å². The van der Waals surface area contributed by atoms with Crippen LogP contribution in [0.1, 0.15) is 70.1 Å². The molecule has 7 rings (SSSR count). The van der Waals surface area contributed by atoms with Crippen LogP contribution in [0, 0.1) is 39.2 Å². The molecule has 79 heavy (non-hydrogen) atoms. The zero-order valence-electron chi connectivity index (χ0n) is 44.1. The van der Waals surface area contributed by atoms with E-state index in [0.717, 1.165) is 59.2 Å². The predicted octanol–water partition coefficient (Wildman–Crippen LogP) is 6.36. The number of halogens is 8. The minimum atomic E-state index is -5.21. The molecular formula is C52H64F8N10O9. The zero-order chi connectivity index (χ0) is 57.9. The number of aromatic nitrogens is 1. The summed E-state index contributed by atoms with van der Waals surface area (Å²) in [5.41, 5.74) is -3.72. The minimum Gasteiger partial charge on any atom is -0.453 e. The number of fused-ring (bicyclic) bond motifs is 2. The summed E-state index contributed by atoms with van der Waals surface area (Å²) in [7, 11) is 1.64. The lowest BCUT2D eigenvalue weighted by molar-refractivity contribution is -0.221. The third-order valence-corrected chi connectivity index (χ3v) is 15.1. The van der Waals surface area contributed by atoms with Gasteiger partial charge in [0.05, 0.1) is 56.5 Å². The molecule has 3 unspecified atom stereocenters. The summed E-state index contributed by atoms with van der Waals surface area (Å²) in [6.07, 6.45) is -10.8. The Morgan fingerprint density at radius 2 is 1.30 bits per heavy atom. The van der Waals surface area contributed by atoms with E-state index in [2.05, 4.69) is 30.0 Å². The number of aliphatic hydroxyl groups is 1. The number of methoxy groups -OCH3 is 2. The minimum absolute atomic E-state index is 0.280. The lowest BCUT2D eigenvalue weighted by Crippen LogP contribution is -2.63. The van der Waals surface area contributed by atoms with Gasteiger partial charge in [-0.2, -0.15) is 26.3 Å². The van der Waals surface area contributed by atoms with Crippen molar-refractivity contribution in [2.24, 2.45) is 16.7 Å². The molecule has 7 N–H and O–H groups in total. The second-order valence-electron chi connectivity index (χ2n) is 21.3. The molecule has 6 atom stereocenters. The molecule has 1 aliphatic carbocycles. The smallest absolute Gasteiger partial charge is 0.407 e. The fourth-order valence-electron chi connectivity index (χ4n) is 9.72. The standard InChI is InChI=1S/C52H64F8N10O9/c1-49(2,51(55,56)57)41(65-47(74)76-5)45(72)64-38(17-27-7-9-28(10-8-27)30-13-16-40(63-20-30)68-21-32-14-15-33(22-68)70(32)34-25-78-26-34)39(71)24-69(67-46(73)42(66-48(75)77-6)50(3,4)52(58,59)60)23-35-36(53)18-31(19-37(35)54)44(62)79-43(61)29-11-12-29/h7-10,13,16,18-20,29,32-34,38-39,41-42,61-62,71H,11-12,14-15,17,21-26H2,1-6H3,(H,64,72)(H,65,74)(H,66,75)(H,67,73)/t32?,33?,38-,39-,41?,42+/m0/s1. The summed E-state index contributed by atoms with van der Waals surface area (Å²) in [6, 6.07) is 6.08. The summed E-state index contributed by atoms with van der Waals surface area (Å²) >= 11 is 0. The highest BCUT2D eigenvalue weighted by molar-refractivity contribution is 6.00. The topological polar surface area (TPSA) is 244 Å². The van der Waals surface area contributed by atoms with Crippen LogP contribution in [-0.2, 0) is 41.5 Å². The first kappa shape index (κ1) is 59.9. The summed E-state index contributed by atoms with van der Waals surface area (Å²) in [5.74, 6) is -6.56. The van der Waals surface area contributed by atoms with E-state index in [0.29, 0.717) is 92.5 Å². The number of aliphatic hydroxyl groups excluding tert-OH is 1. The molecule has 1 aromatic heterocycles. The van der Waals surface area contributed by atoms with E-state index in [1.165, 1.54) is 0 Å². The van der Waals surface area contributed by atoms with Crippen molar-refractivity contribution in [3.8, 4) is 11.1 Å². The highest BCUT2D eigenvalue weighted by Gasteiger charge is 2.57. The Kier molecular flexibility index (Phi) is 18.2. The molecule has 3 aromatic rings. The Bertz CT molecular complexity index is 2690. The summed E-state index contributed by atoms with van der Waals surface area (Å²) in [5, 5.41) is 34.9. The first-order valence-corrected chi connectivity index (χ1v) is 25.4. The Hall–Kier alpha value is -6.71. The van der Waals surface area contributed by atoms with Gasteiger partial charge in [0.1, 0.15) is 29.5 Å². The van der Waals surface area contributed by atoms with Crippen molar-refractivity contribution in [2.75, 3.05) is 52.0 Å². The lowest BCUT2D eigenvalue weighted by atomic mass is 9.82. The van der Waals surface area contributed by atoms with Crippen LogP contribution < -0.4 is 26.3 Å². The fraction of sp³-hybridized carbons (Fsp3) is 0.558. The van der Waals surface area contributed by atoms with Crippen LogP contribution in [0.2, 0.25) is 0 Å². The quantitative estimate of drug-likeness (QED) is 0.0283. The van der Waals surface area contributed by atoms with E-state index in [1.54, 1.807) is 35.8 Å². The van der Waals surface area contributed by atoms with Gasteiger partial charge in [0.15, 0.2) is 5.90 Å². The van der Waals surface area contributed by atoms with Crippen LogP contribution in [0.3, 0.4) is 0 Å². The van der Waals surface area contributed by atoms with Crippen LogP contribution in [-0.4, -0.2) is 158 Å². The number of carbonyl (C=O) groups is 4. The number of hydrazine groups is 1. The summed E-state index contributed by atoms with van der Waals surface area (Å²) in [6.45, 7) is 3.26. The van der Waals surface area contributed by atoms with Crippen LogP contribution >= 0.6 is 0 Å². The van der Waals surface area contributed by atoms with Gasteiger partial charge in [-0.05, 0) is 95.2 Å². The molecule has 4 aliphatic rings. The number of benzene rings is 2. The van der Waals surface area contributed by atoms with Crippen molar-refractivity contribution in [2.45, 2.75) is 121 Å². The Balaban J connectivity index is 1.19. The monoisotopic (exact) mass is 1120 g/mol. The first-order chi connectivity index (χ1) is 37.0. The fourth-order valence-corrected chi connectivity index (χ4v) is 9.72. The molecule has 2 aromatic carbocycles. The molecule has 19 nitrogen and oxygen atoms in total. The van der Waals surface area contributed by atoms with Gasteiger partial charge < -0.3 is 44.9 Å². The number of amides is 4. The van der Waals surface area contributed by atoms with Crippen LogP contribution in [0.4, 0.5) is 50.5 Å². The van der Waals surface area contributed by atoms with Crippen molar-refractivity contribution in [3.63, 3.8) is 0 Å². The van der Waals surface area contributed by atoms with Crippen molar-refractivity contribution in [1.29, 1.82) is 10.8 Å². The highest BCUT2D eigenvalue weighted by Crippen LogP contribution is 2.42. The normalized spacial score (nSPS) is 19.6. The van der Waals surface area contributed by atoms with E-state index >= 15 is 8.78 Å². The number of anilines is 1. The predicted molar refractivity (Wildman–Crippen MR) is 268 cm³/mol. The van der Waals surface area contributed by atoms with Gasteiger partial charge in [-0.15, -0.1) is 0 Å². The number of alkyl carbamates (subject to hydrolysis) is 2. The maximum atomic E-state index is 16.1. The van der Waals surface area contributed by atoms with E-state index in [4.69, 9.17) is 25.3 Å². The number of alkyl halides is 6. The molecule has 4 heterocycles. The molecule has 4 amide bonds. The number of carbonyl (C=O) groups excluding carboxylic acids is 4. The first-order valence-electron chi connectivity index (χ1n) is 25.4. The number of pyridine rings is 1. The molecule has 1 saturated carbocycles. The summed E-state index contributed by atoms with van der Waals surface area (Å²) in [4.78, 5) is 62.6. The lowest BCUT2D eigenvalue weighted by Gasteiger charge is -2.48. The number of hydrogen-bond donors (Lipinski definition) is 7. The Morgan fingerprint density at radius 3 is 1.77 bits per heavy atom. The molecule has 0 spiro atoms. The Morgan fingerprint density at radius 1 is 0.772 bits per heavy atom. The third-order valence-electron chi connectivity index (χ3n) is 15.1. The largest absolute Gasteiger partial charge is 0.453 e. The Labute approximate surface area is 450 Å². The maximum Gasteiger partial charge on any atom is 0.407 e. The van der Waals surface area contributed by atoms with Crippen LogP contribution in [0.5, 0.6) is 0 Å². The van der Waals surface area contributed by atoms with Crippen molar-refractivity contribution < 1.29 is 78.4 Å².